The highest BCUT2D eigenvalue weighted by Crippen LogP contribution is 2.43. The predicted octanol–water partition coefficient (Wildman–Crippen LogP) is 4.86. The first-order valence-corrected chi connectivity index (χ1v) is 11.6. The lowest BCUT2D eigenvalue weighted by molar-refractivity contribution is -0.124. The van der Waals surface area contributed by atoms with Crippen LogP contribution in [0.1, 0.15) is 24.9 Å². The van der Waals surface area contributed by atoms with Crippen LogP contribution in [0.25, 0.3) is 0 Å². The minimum Gasteiger partial charge on any atom is -0.497 e. The van der Waals surface area contributed by atoms with E-state index in [-0.39, 0.29) is 18.2 Å². The van der Waals surface area contributed by atoms with Crippen LogP contribution in [-0.2, 0) is 9.59 Å². The van der Waals surface area contributed by atoms with Crippen LogP contribution in [-0.4, -0.2) is 39.7 Å². The molecule has 1 saturated heterocycles. The summed E-state index contributed by atoms with van der Waals surface area (Å²) in [6.45, 7) is 2.39. The Kier molecular flexibility index (Phi) is 7.25. The molecule has 3 aromatic rings. The van der Waals surface area contributed by atoms with Gasteiger partial charge in [-0.15, -0.1) is 0 Å². The van der Waals surface area contributed by atoms with Crippen molar-refractivity contribution >= 4 is 23.2 Å². The lowest BCUT2D eigenvalue weighted by Gasteiger charge is -2.31. The number of hydrogen-bond acceptors (Lipinski definition) is 5. The van der Waals surface area contributed by atoms with Gasteiger partial charge in [-0.25, -0.2) is 0 Å². The van der Waals surface area contributed by atoms with E-state index >= 15 is 0 Å². The van der Waals surface area contributed by atoms with E-state index in [4.69, 9.17) is 14.2 Å². The summed E-state index contributed by atoms with van der Waals surface area (Å²) in [4.78, 5) is 30.5. The Morgan fingerprint density at radius 2 is 1.54 bits per heavy atom. The number of amides is 2. The monoisotopic (exact) mass is 474 g/mol. The topological polar surface area (TPSA) is 68.3 Å². The van der Waals surface area contributed by atoms with Gasteiger partial charge in [-0.1, -0.05) is 24.3 Å². The number of para-hydroxylation sites is 2. The summed E-state index contributed by atoms with van der Waals surface area (Å²) < 4.78 is 16.3. The van der Waals surface area contributed by atoms with Crippen molar-refractivity contribution in [1.82, 2.24) is 0 Å². The highest BCUT2D eigenvalue weighted by atomic mass is 16.5. The van der Waals surface area contributed by atoms with Gasteiger partial charge in [-0.2, -0.15) is 0 Å². The van der Waals surface area contributed by atoms with E-state index < -0.39 is 12.0 Å². The smallest absolute Gasteiger partial charge is 0.232 e. The molecule has 7 heteroatoms. The van der Waals surface area contributed by atoms with Crippen LogP contribution in [0.5, 0.6) is 17.2 Å². The van der Waals surface area contributed by atoms with Crippen molar-refractivity contribution in [2.24, 2.45) is 5.92 Å². The number of rotatable bonds is 8. The molecule has 4 rings (SSSR count). The van der Waals surface area contributed by atoms with Crippen molar-refractivity contribution in [3.05, 3.63) is 78.4 Å². The molecule has 2 unspecified atom stereocenters. The fourth-order valence-corrected chi connectivity index (χ4v) is 4.56. The number of carbonyl (C=O) groups excluding carboxylic acids is 2. The Labute approximate surface area is 205 Å². The molecule has 1 aliphatic rings. The van der Waals surface area contributed by atoms with E-state index in [0.717, 1.165) is 5.56 Å². The van der Waals surface area contributed by atoms with E-state index in [9.17, 15) is 9.59 Å². The lowest BCUT2D eigenvalue weighted by Crippen LogP contribution is -2.37. The summed E-state index contributed by atoms with van der Waals surface area (Å²) in [5.74, 6) is 1.19. The zero-order chi connectivity index (χ0) is 24.9. The van der Waals surface area contributed by atoms with Crippen molar-refractivity contribution in [2.75, 3.05) is 37.7 Å². The number of ether oxygens (including phenoxy) is 3. The number of nitrogens with zero attached hydrogens (tertiary/aromatic N) is 2. The van der Waals surface area contributed by atoms with Crippen LogP contribution >= 0.6 is 0 Å². The average molecular weight is 475 g/mol. The maximum atomic E-state index is 13.9. The molecule has 0 spiro atoms. The van der Waals surface area contributed by atoms with Crippen molar-refractivity contribution in [3.63, 3.8) is 0 Å². The summed E-state index contributed by atoms with van der Waals surface area (Å²) in [7, 11) is 4.93. The van der Waals surface area contributed by atoms with Crippen LogP contribution in [0.3, 0.4) is 0 Å². The Balaban J connectivity index is 1.74. The first-order valence-electron chi connectivity index (χ1n) is 11.6. The second-order valence-corrected chi connectivity index (χ2v) is 8.29. The van der Waals surface area contributed by atoms with Crippen LogP contribution in [0.2, 0.25) is 0 Å². The van der Waals surface area contributed by atoms with Gasteiger partial charge < -0.3 is 24.0 Å². The van der Waals surface area contributed by atoms with E-state index in [2.05, 4.69) is 0 Å². The van der Waals surface area contributed by atoms with E-state index in [1.54, 1.807) is 31.1 Å². The molecular weight excluding hydrogens is 444 g/mol. The van der Waals surface area contributed by atoms with Crippen LogP contribution in [0.15, 0.2) is 72.8 Å². The summed E-state index contributed by atoms with van der Waals surface area (Å²) in [6.07, 6.45) is 0.0999. The largest absolute Gasteiger partial charge is 0.497 e. The van der Waals surface area contributed by atoms with E-state index in [1.807, 2.05) is 79.7 Å². The predicted molar refractivity (Wildman–Crippen MR) is 135 cm³/mol. The van der Waals surface area contributed by atoms with Gasteiger partial charge in [0.2, 0.25) is 11.8 Å². The van der Waals surface area contributed by atoms with Gasteiger partial charge in [-0.05, 0) is 61.0 Å². The summed E-state index contributed by atoms with van der Waals surface area (Å²) in [5.41, 5.74) is 2.24. The Hall–Kier alpha value is -4.00. The Morgan fingerprint density at radius 3 is 2.14 bits per heavy atom. The molecule has 0 radical (unpaired) electrons. The van der Waals surface area contributed by atoms with Crippen molar-refractivity contribution in [3.8, 4) is 17.2 Å². The fourth-order valence-electron chi connectivity index (χ4n) is 4.56. The Morgan fingerprint density at radius 1 is 0.943 bits per heavy atom. The second-order valence-electron chi connectivity index (χ2n) is 8.29. The minimum atomic E-state index is -0.585. The molecule has 0 aliphatic carbocycles. The molecular formula is C28H30N2O5. The van der Waals surface area contributed by atoms with Gasteiger partial charge in [0.15, 0.2) is 0 Å². The molecule has 0 aromatic heterocycles. The van der Waals surface area contributed by atoms with E-state index in [1.165, 1.54) is 0 Å². The van der Waals surface area contributed by atoms with Crippen molar-refractivity contribution < 1.29 is 23.8 Å². The van der Waals surface area contributed by atoms with E-state index in [0.29, 0.717) is 35.2 Å². The third-order valence-electron chi connectivity index (χ3n) is 6.30. The highest BCUT2D eigenvalue weighted by Gasteiger charge is 2.46. The molecule has 35 heavy (non-hydrogen) atoms. The molecule has 2 amide bonds. The normalized spacial score (nSPS) is 17.3. The first-order chi connectivity index (χ1) is 17.0. The molecule has 1 aliphatic heterocycles. The Bertz CT molecular complexity index is 1180. The molecule has 1 fully saturated rings. The SMILES string of the molecule is CCOc1ccccc1N(C)C(=O)C1CC(=O)N(c2ccc(OC)cc2)C1c1ccc(OC)cc1. The van der Waals surface area contributed by atoms with Crippen LogP contribution in [0.4, 0.5) is 11.4 Å². The standard InChI is InChI=1S/C28H30N2O5/c1-5-35-25-9-7-6-8-24(25)29(2)28(32)23-18-26(31)30(20-12-16-22(34-4)17-13-20)27(23)19-10-14-21(33-3)15-11-19/h6-17,23,27H,5,18H2,1-4H3. The summed E-state index contributed by atoms with van der Waals surface area (Å²) >= 11 is 0. The first kappa shape index (κ1) is 24.1. The molecule has 2 atom stereocenters. The van der Waals surface area contributed by atoms with Gasteiger partial charge in [0.1, 0.15) is 17.2 Å². The van der Waals surface area contributed by atoms with Crippen molar-refractivity contribution in [1.29, 1.82) is 0 Å². The molecule has 7 nitrogen and oxygen atoms in total. The van der Waals surface area contributed by atoms with Gasteiger partial charge in [0.05, 0.1) is 38.5 Å². The lowest BCUT2D eigenvalue weighted by atomic mass is 9.92. The number of hydrogen-bond donors (Lipinski definition) is 0. The summed E-state index contributed by atoms with van der Waals surface area (Å²) in [6, 6.07) is 21.8. The quantitative estimate of drug-likeness (QED) is 0.466. The number of methoxy groups -OCH3 is 2. The molecule has 0 bridgehead atoms. The average Bonchev–Trinajstić information content (AvgIpc) is 3.25. The zero-order valence-corrected chi connectivity index (χ0v) is 20.4. The van der Waals surface area contributed by atoms with Crippen molar-refractivity contribution in [2.45, 2.75) is 19.4 Å². The molecule has 3 aromatic carbocycles. The fraction of sp³-hybridized carbons (Fsp3) is 0.286. The van der Waals surface area contributed by atoms with Crippen LogP contribution < -0.4 is 24.0 Å². The maximum Gasteiger partial charge on any atom is 0.232 e. The maximum absolute atomic E-state index is 13.9. The highest BCUT2D eigenvalue weighted by molar-refractivity contribution is 6.05. The molecule has 182 valence electrons. The van der Waals surface area contributed by atoms with Gasteiger partial charge in [0.25, 0.3) is 0 Å². The van der Waals surface area contributed by atoms with Gasteiger partial charge in [0, 0.05) is 19.2 Å². The molecule has 0 N–H and O–H groups in total. The van der Waals surface area contributed by atoms with Gasteiger partial charge >= 0.3 is 0 Å². The minimum absolute atomic E-state index is 0.0999. The second kappa shape index (κ2) is 10.5. The van der Waals surface area contributed by atoms with Gasteiger partial charge in [-0.3, -0.25) is 9.59 Å². The number of anilines is 2. The van der Waals surface area contributed by atoms with Crippen LogP contribution in [0, 0.1) is 5.92 Å². The third-order valence-corrected chi connectivity index (χ3v) is 6.30. The number of benzene rings is 3. The molecule has 1 heterocycles. The third kappa shape index (κ3) is 4.80. The zero-order valence-electron chi connectivity index (χ0n) is 20.4. The summed E-state index contributed by atoms with van der Waals surface area (Å²) in [5, 5.41) is 0. The molecule has 0 saturated carbocycles. The number of carbonyl (C=O) groups is 2.